The molecular formula is C16H15F2NO2. The molecule has 2 N–H and O–H groups in total. The predicted octanol–water partition coefficient (Wildman–Crippen LogP) is 2.36. The molecule has 0 spiro atoms. The molecule has 1 amide bonds. The van der Waals surface area contributed by atoms with Crippen LogP contribution in [0.5, 0.6) is 0 Å². The van der Waals surface area contributed by atoms with Crippen LogP contribution in [0.1, 0.15) is 17.2 Å². The van der Waals surface area contributed by atoms with Crippen molar-refractivity contribution in [1.29, 1.82) is 0 Å². The van der Waals surface area contributed by atoms with Crippen LogP contribution < -0.4 is 5.32 Å². The summed E-state index contributed by atoms with van der Waals surface area (Å²) in [6, 6.07) is 11.7. The normalized spacial score (nSPS) is 12.0. The fraction of sp³-hybridized carbons (Fsp3) is 0.188. The van der Waals surface area contributed by atoms with Gasteiger partial charge < -0.3 is 10.4 Å². The molecule has 0 bridgehead atoms. The Bertz CT molecular complexity index is 597. The van der Waals surface area contributed by atoms with Gasteiger partial charge in [0.2, 0.25) is 0 Å². The van der Waals surface area contributed by atoms with E-state index in [1.165, 1.54) is 12.1 Å². The van der Waals surface area contributed by atoms with E-state index in [1.807, 2.05) is 0 Å². The minimum atomic E-state index is -1.25. The Morgan fingerprint density at radius 3 is 2.33 bits per heavy atom. The maximum atomic E-state index is 13.0. The molecule has 2 aromatic rings. The van der Waals surface area contributed by atoms with Crippen molar-refractivity contribution in [3.63, 3.8) is 0 Å². The van der Waals surface area contributed by atoms with Gasteiger partial charge in [-0.2, -0.15) is 0 Å². The van der Waals surface area contributed by atoms with Gasteiger partial charge in [-0.05, 0) is 29.7 Å². The maximum Gasteiger partial charge on any atom is 0.253 e. The van der Waals surface area contributed by atoms with Crippen molar-refractivity contribution < 1.29 is 18.7 Å². The van der Waals surface area contributed by atoms with E-state index in [9.17, 15) is 18.7 Å². The number of aliphatic hydroxyl groups excluding tert-OH is 1. The molecule has 0 heterocycles. The lowest BCUT2D eigenvalue weighted by Gasteiger charge is -2.11. The first kappa shape index (κ1) is 15.1. The molecule has 0 aliphatic rings. The van der Waals surface area contributed by atoms with E-state index in [2.05, 4.69) is 5.32 Å². The molecule has 21 heavy (non-hydrogen) atoms. The van der Waals surface area contributed by atoms with Gasteiger partial charge in [0.25, 0.3) is 5.91 Å². The van der Waals surface area contributed by atoms with Crippen LogP contribution >= 0.6 is 0 Å². The molecule has 2 rings (SSSR count). The number of benzene rings is 2. The highest BCUT2D eigenvalue weighted by atomic mass is 19.1. The molecule has 110 valence electrons. The summed E-state index contributed by atoms with van der Waals surface area (Å²) in [6.45, 7) is 0.186. The Morgan fingerprint density at radius 1 is 1.10 bits per heavy atom. The van der Waals surface area contributed by atoms with Gasteiger partial charge >= 0.3 is 0 Å². The zero-order chi connectivity index (χ0) is 15.2. The molecule has 1 unspecified atom stereocenters. The predicted molar refractivity (Wildman–Crippen MR) is 74.5 cm³/mol. The van der Waals surface area contributed by atoms with E-state index in [4.69, 9.17) is 0 Å². The van der Waals surface area contributed by atoms with E-state index in [-0.39, 0.29) is 13.0 Å². The number of halogens is 2. The Hall–Kier alpha value is -2.27. The number of amides is 1. The number of hydrogen-bond donors (Lipinski definition) is 2. The largest absolute Gasteiger partial charge is 0.378 e. The lowest BCUT2D eigenvalue weighted by molar-refractivity contribution is -0.129. The quantitative estimate of drug-likeness (QED) is 0.888. The van der Waals surface area contributed by atoms with Crippen LogP contribution in [-0.2, 0) is 11.2 Å². The first-order valence-corrected chi connectivity index (χ1v) is 6.52. The maximum absolute atomic E-state index is 13.0. The molecule has 0 aliphatic carbocycles. The summed E-state index contributed by atoms with van der Waals surface area (Å²) in [7, 11) is 0. The average Bonchev–Trinajstić information content (AvgIpc) is 2.46. The number of aliphatic hydroxyl groups is 1. The molecule has 5 heteroatoms. The third-order valence-corrected chi connectivity index (χ3v) is 3.00. The van der Waals surface area contributed by atoms with Crippen molar-refractivity contribution >= 4 is 5.91 Å². The molecule has 0 aliphatic heterocycles. The summed E-state index contributed by atoms with van der Waals surface area (Å²) >= 11 is 0. The van der Waals surface area contributed by atoms with Crippen molar-refractivity contribution in [2.75, 3.05) is 6.54 Å². The lowest BCUT2D eigenvalue weighted by Crippen LogP contribution is -2.31. The van der Waals surface area contributed by atoms with Gasteiger partial charge in [-0.1, -0.05) is 30.3 Å². The van der Waals surface area contributed by atoms with Gasteiger partial charge in [-0.25, -0.2) is 8.78 Å². The van der Waals surface area contributed by atoms with E-state index in [0.717, 1.165) is 6.07 Å². The number of carbonyl (C=O) groups is 1. The van der Waals surface area contributed by atoms with Crippen LogP contribution in [0.3, 0.4) is 0 Å². The van der Waals surface area contributed by atoms with E-state index >= 15 is 0 Å². The zero-order valence-electron chi connectivity index (χ0n) is 11.2. The van der Waals surface area contributed by atoms with E-state index in [0.29, 0.717) is 11.1 Å². The molecule has 0 saturated heterocycles. The monoisotopic (exact) mass is 291 g/mol. The van der Waals surface area contributed by atoms with Crippen LogP contribution in [0.2, 0.25) is 0 Å². The summed E-state index contributed by atoms with van der Waals surface area (Å²) in [5.41, 5.74) is 0.939. The van der Waals surface area contributed by atoms with Crippen molar-refractivity contribution in [1.82, 2.24) is 5.32 Å². The van der Waals surface area contributed by atoms with E-state index < -0.39 is 23.6 Å². The molecule has 0 saturated carbocycles. The highest BCUT2D eigenvalue weighted by molar-refractivity contribution is 5.81. The second-order valence-corrected chi connectivity index (χ2v) is 4.63. The molecule has 0 fully saturated rings. The summed E-state index contributed by atoms with van der Waals surface area (Å²) in [4.78, 5) is 11.8. The summed E-state index contributed by atoms with van der Waals surface area (Å²) in [5, 5.41) is 12.4. The molecule has 1 atom stereocenters. The fourth-order valence-corrected chi connectivity index (χ4v) is 1.97. The SMILES string of the molecule is O=C(NCCc1cc(F)cc(F)c1)C(O)c1ccccc1. The van der Waals surface area contributed by atoms with Crippen molar-refractivity contribution in [3.05, 3.63) is 71.3 Å². The fourth-order valence-electron chi connectivity index (χ4n) is 1.97. The average molecular weight is 291 g/mol. The first-order chi connectivity index (χ1) is 10.1. The van der Waals surface area contributed by atoms with Gasteiger partial charge in [0.15, 0.2) is 6.10 Å². The number of nitrogens with one attached hydrogen (secondary N) is 1. The minimum absolute atomic E-state index is 0.186. The van der Waals surface area contributed by atoms with Crippen molar-refractivity contribution in [3.8, 4) is 0 Å². The van der Waals surface area contributed by atoms with Gasteiger partial charge in [0.05, 0.1) is 0 Å². The summed E-state index contributed by atoms with van der Waals surface area (Å²) < 4.78 is 26.0. The molecule has 0 aromatic heterocycles. The molecule has 3 nitrogen and oxygen atoms in total. The number of rotatable bonds is 5. The number of carbonyl (C=O) groups excluding carboxylic acids is 1. The summed E-state index contributed by atoms with van der Waals surface area (Å²) in [6.07, 6.45) is -0.975. The molecule has 2 aromatic carbocycles. The lowest BCUT2D eigenvalue weighted by atomic mass is 10.1. The topological polar surface area (TPSA) is 49.3 Å². The van der Waals surface area contributed by atoms with Gasteiger partial charge in [-0.3, -0.25) is 4.79 Å². The Morgan fingerprint density at radius 2 is 1.71 bits per heavy atom. The summed E-state index contributed by atoms with van der Waals surface area (Å²) in [5.74, 6) is -1.85. The highest BCUT2D eigenvalue weighted by Crippen LogP contribution is 2.12. The molecular weight excluding hydrogens is 276 g/mol. The Balaban J connectivity index is 1.87. The van der Waals surface area contributed by atoms with Crippen LogP contribution in [-0.4, -0.2) is 17.6 Å². The van der Waals surface area contributed by atoms with Gasteiger partial charge in [0.1, 0.15) is 11.6 Å². The molecule has 0 radical (unpaired) electrons. The van der Waals surface area contributed by atoms with Crippen LogP contribution in [0.15, 0.2) is 48.5 Å². The smallest absolute Gasteiger partial charge is 0.253 e. The minimum Gasteiger partial charge on any atom is -0.378 e. The van der Waals surface area contributed by atoms with Crippen LogP contribution in [0, 0.1) is 11.6 Å². The van der Waals surface area contributed by atoms with E-state index in [1.54, 1.807) is 30.3 Å². The zero-order valence-corrected chi connectivity index (χ0v) is 11.2. The Labute approximate surface area is 121 Å². The van der Waals surface area contributed by atoms with Gasteiger partial charge in [-0.15, -0.1) is 0 Å². The second-order valence-electron chi connectivity index (χ2n) is 4.63. The third kappa shape index (κ3) is 4.36. The van der Waals surface area contributed by atoms with Crippen LogP contribution in [0.4, 0.5) is 8.78 Å². The number of hydrogen-bond acceptors (Lipinski definition) is 2. The van der Waals surface area contributed by atoms with Gasteiger partial charge in [0, 0.05) is 12.6 Å². The Kier molecular flexibility index (Phi) is 5.00. The van der Waals surface area contributed by atoms with Crippen molar-refractivity contribution in [2.45, 2.75) is 12.5 Å². The highest BCUT2D eigenvalue weighted by Gasteiger charge is 2.16. The standard InChI is InChI=1S/C16H15F2NO2/c17-13-8-11(9-14(18)10-13)6-7-19-16(21)15(20)12-4-2-1-3-5-12/h1-5,8-10,15,20H,6-7H2,(H,19,21). The third-order valence-electron chi connectivity index (χ3n) is 3.00. The first-order valence-electron chi connectivity index (χ1n) is 6.52. The van der Waals surface area contributed by atoms with Crippen molar-refractivity contribution in [2.24, 2.45) is 0 Å². The second kappa shape index (κ2) is 6.95. The van der Waals surface area contributed by atoms with Crippen LogP contribution in [0.25, 0.3) is 0 Å².